The molecule has 0 aromatic heterocycles. The van der Waals surface area contributed by atoms with Gasteiger partial charge in [0, 0.05) is 18.8 Å². The lowest BCUT2D eigenvalue weighted by molar-refractivity contribution is -0.137. The van der Waals surface area contributed by atoms with Gasteiger partial charge in [-0.3, -0.25) is 9.59 Å². The van der Waals surface area contributed by atoms with E-state index in [0.717, 1.165) is 38.5 Å². The van der Waals surface area contributed by atoms with Crippen molar-refractivity contribution in [2.24, 2.45) is 11.8 Å². The highest BCUT2D eigenvalue weighted by molar-refractivity contribution is 5.83. The normalized spacial score (nSPS) is 21.9. The zero-order valence-electron chi connectivity index (χ0n) is 13.6. The van der Waals surface area contributed by atoms with E-state index in [1.165, 1.54) is 38.5 Å². The van der Waals surface area contributed by atoms with Gasteiger partial charge in [-0.2, -0.15) is 0 Å². The van der Waals surface area contributed by atoms with Crippen LogP contribution in [-0.2, 0) is 9.59 Å². The molecule has 0 heterocycles. The van der Waals surface area contributed by atoms with Crippen LogP contribution in [-0.4, -0.2) is 16.9 Å². The van der Waals surface area contributed by atoms with Crippen LogP contribution in [0, 0.1) is 11.8 Å². The van der Waals surface area contributed by atoms with E-state index >= 15 is 0 Å². The van der Waals surface area contributed by atoms with Gasteiger partial charge in [-0.25, -0.2) is 0 Å². The first-order valence-corrected chi connectivity index (χ1v) is 8.89. The Balaban J connectivity index is 2.09. The lowest BCUT2D eigenvalue weighted by atomic mass is 9.86. The molecule has 3 nitrogen and oxygen atoms in total. The Morgan fingerprint density at radius 3 is 2.43 bits per heavy atom. The number of carboxylic acid groups (broad SMARTS) is 1. The molecule has 0 aliphatic heterocycles. The number of unbranched alkanes of at least 4 members (excludes halogenated alkanes) is 6. The SMILES string of the molecule is CCCCCC1C(=O)CCC1CCCCCCCC(=O)O. The Morgan fingerprint density at radius 1 is 1.05 bits per heavy atom. The predicted octanol–water partition coefficient (Wildman–Crippen LogP) is 4.98. The predicted molar refractivity (Wildman–Crippen MR) is 85.3 cm³/mol. The Bertz CT molecular complexity index is 312. The van der Waals surface area contributed by atoms with E-state index in [1.54, 1.807) is 0 Å². The zero-order valence-corrected chi connectivity index (χ0v) is 13.6. The molecule has 21 heavy (non-hydrogen) atoms. The molecule has 1 N–H and O–H groups in total. The molecule has 1 saturated carbocycles. The van der Waals surface area contributed by atoms with E-state index in [2.05, 4.69) is 6.92 Å². The van der Waals surface area contributed by atoms with E-state index in [9.17, 15) is 9.59 Å². The molecule has 0 bridgehead atoms. The number of aliphatic carboxylic acids is 1. The summed E-state index contributed by atoms with van der Waals surface area (Å²) in [5.41, 5.74) is 0. The third-order valence-corrected chi connectivity index (χ3v) is 4.83. The summed E-state index contributed by atoms with van der Waals surface area (Å²) in [6, 6.07) is 0. The molecular formula is C18H32O3. The summed E-state index contributed by atoms with van der Waals surface area (Å²) in [5, 5.41) is 8.57. The monoisotopic (exact) mass is 296 g/mol. The maximum absolute atomic E-state index is 12.0. The number of ketones is 1. The summed E-state index contributed by atoms with van der Waals surface area (Å²) >= 11 is 0. The number of carbonyl (C=O) groups excluding carboxylic acids is 1. The fourth-order valence-electron chi connectivity index (χ4n) is 3.55. The highest BCUT2D eigenvalue weighted by Gasteiger charge is 2.33. The van der Waals surface area contributed by atoms with Crippen molar-refractivity contribution in [1.29, 1.82) is 0 Å². The van der Waals surface area contributed by atoms with E-state index in [4.69, 9.17) is 5.11 Å². The van der Waals surface area contributed by atoms with Gasteiger partial charge in [0.05, 0.1) is 0 Å². The molecule has 0 spiro atoms. The van der Waals surface area contributed by atoms with Crippen LogP contribution in [0.1, 0.15) is 90.4 Å². The van der Waals surface area contributed by atoms with Crippen molar-refractivity contribution in [1.82, 2.24) is 0 Å². The molecule has 1 fully saturated rings. The van der Waals surface area contributed by atoms with E-state index in [0.29, 0.717) is 24.0 Å². The number of hydrogen-bond acceptors (Lipinski definition) is 2. The minimum Gasteiger partial charge on any atom is -0.481 e. The standard InChI is InChI=1S/C18H32O3/c1-2-3-7-11-16-15(13-14-17(16)19)10-8-5-4-6-9-12-18(20)21/h15-16H,2-14H2,1H3,(H,20,21). The molecule has 122 valence electrons. The number of carboxylic acids is 1. The van der Waals surface area contributed by atoms with Gasteiger partial charge >= 0.3 is 5.97 Å². The molecule has 2 unspecified atom stereocenters. The summed E-state index contributed by atoms with van der Waals surface area (Å²) in [5.74, 6) is 0.809. The second kappa shape index (κ2) is 10.8. The second-order valence-corrected chi connectivity index (χ2v) is 6.57. The molecule has 0 amide bonds. The molecule has 1 rings (SSSR count). The van der Waals surface area contributed by atoms with Crippen LogP contribution in [0.25, 0.3) is 0 Å². The Kier molecular flexibility index (Phi) is 9.36. The summed E-state index contributed by atoms with van der Waals surface area (Å²) < 4.78 is 0. The third kappa shape index (κ3) is 7.63. The summed E-state index contributed by atoms with van der Waals surface area (Å²) in [6.07, 6.45) is 13.5. The molecule has 0 radical (unpaired) electrons. The van der Waals surface area contributed by atoms with Crippen molar-refractivity contribution in [3.8, 4) is 0 Å². The first kappa shape index (κ1) is 18.2. The zero-order chi connectivity index (χ0) is 15.5. The minimum absolute atomic E-state index is 0.302. The van der Waals surface area contributed by atoms with Gasteiger partial charge in [-0.1, -0.05) is 51.9 Å². The number of rotatable bonds is 12. The Morgan fingerprint density at radius 2 is 1.71 bits per heavy atom. The average molecular weight is 296 g/mol. The lowest BCUT2D eigenvalue weighted by Gasteiger charge is -2.18. The van der Waals surface area contributed by atoms with Crippen LogP contribution in [0.4, 0.5) is 0 Å². The highest BCUT2D eigenvalue weighted by atomic mass is 16.4. The van der Waals surface area contributed by atoms with Crippen molar-refractivity contribution >= 4 is 11.8 Å². The van der Waals surface area contributed by atoms with Gasteiger partial charge in [0.1, 0.15) is 5.78 Å². The van der Waals surface area contributed by atoms with Crippen LogP contribution in [0.3, 0.4) is 0 Å². The smallest absolute Gasteiger partial charge is 0.303 e. The molecule has 2 atom stereocenters. The van der Waals surface area contributed by atoms with Crippen LogP contribution < -0.4 is 0 Å². The average Bonchev–Trinajstić information content (AvgIpc) is 2.79. The quantitative estimate of drug-likeness (QED) is 0.517. The van der Waals surface area contributed by atoms with Crippen molar-refractivity contribution in [3.05, 3.63) is 0 Å². The van der Waals surface area contributed by atoms with Crippen LogP contribution in [0.15, 0.2) is 0 Å². The number of Topliss-reactive ketones (excluding diaryl/α,β-unsaturated/α-hetero) is 1. The molecule has 0 aromatic carbocycles. The van der Waals surface area contributed by atoms with Crippen molar-refractivity contribution < 1.29 is 14.7 Å². The summed E-state index contributed by atoms with van der Waals surface area (Å²) in [7, 11) is 0. The largest absolute Gasteiger partial charge is 0.481 e. The fourth-order valence-corrected chi connectivity index (χ4v) is 3.55. The van der Waals surface area contributed by atoms with Crippen molar-refractivity contribution in [2.45, 2.75) is 90.4 Å². The van der Waals surface area contributed by atoms with Gasteiger partial charge in [0.2, 0.25) is 0 Å². The molecule has 0 aromatic rings. The maximum Gasteiger partial charge on any atom is 0.303 e. The van der Waals surface area contributed by atoms with Gasteiger partial charge in [-0.05, 0) is 31.6 Å². The van der Waals surface area contributed by atoms with Crippen LogP contribution in [0.5, 0.6) is 0 Å². The lowest BCUT2D eigenvalue weighted by Crippen LogP contribution is -2.14. The van der Waals surface area contributed by atoms with Gasteiger partial charge in [0.25, 0.3) is 0 Å². The van der Waals surface area contributed by atoms with Crippen molar-refractivity contribution in [2.75, 3.05) is 0 Å². The van der Waals surface area contributed by atoms with E-state index < -0.39 is 5.97 Å². The molecule has 1 aliphatic rings. The first-order chi connectivity index (χ1) is 10.1. The fraction of sp³-hybridized carbons (Fsp3) is 0.889. The highest BCUT2D eigenvalue weighted by Crippen LogP contribution is 2.36. The Hall–Kier alpha value is -0.860. The van der Waals surface area contributed by atoms with Crippen molar-refractivity contribution in [3.63, 3.8) is 0 Å². The second-order valence-electron chi connectivity index (χ2n) is 6.57. The number of carbonyl (C=O) groups is 2. The van der Waals surface area contributed by atoms with E-state index in [1.807, 2.05) is 0 Å². The summed E-state index contributed by atoms with van der Waals surface area (Å²) in [6.45, 7) is 2.21. The third-order valence-electron chi connectivity index (χ3n) is 4.83. The molecule has 3 heteroatoms. The molecule has 1 aliphatic carbocycles. The van der Waals surface area contributed by atoms with Crippen LogP contribution in [0.2, 0.25) is 0 Å². The van der Waals surface area contributed by atoms with E-state index in [-0.39, 0.29) is 0 Å². The number of hydrogen-bond donors (Lipinski definition) is 1. The first-order valence-electron chi connectivity index (χ1n) is 8.89. The van der Waals surface area contributed by atoms with Gasteiger partial charge in [0.15, 0.2) is 0 Å². The van der Waals surface area contributed by atoms with Gasteiger partial charge in [-0.15, -0.1) is 0 Å². The van der Waals surface area contributed by atoms with Gasteiger partial charge < -0.3 is 5.11 Å². The molecule has 0 saturated heterocycles. The topological polar surface area (TPSA) is 54.4 Å². The Labute approximate surface area is 129 Å². The molecular weight excluding hydrogens is 264 g/mol. The maximum atomic E-state index is 12.0. The summed E-state index contributed by atoms with van der Waals surface area (Å²) in [4.78, 5) is 22.4. The minimum atomic E-state index is -0.686. The van der Waals surface area contributed by atoms with Crippen LogP contribution >= 0.6 is 0 Å².